The van der Waals surface area contributed by atoms with E-state index in [1.54, 1.807) is 12.1 Å². The summed E-state index contributed by atoms with van der Waals surface area (Å²) in [5.74, 6) is 5.35. The topological polar surface area (TPSA) is 38.0 Å². The SMILES string of the molecule is Cc1ccc(C)c(CC(Cc2ccc(Cl)cc2F)NN)c1. The summed E-state index contributed by atoms with van der Waals surface area (Å²) in [6.45, 7) is 4.14. The number of rotatable bonds is 5. The maximum absolute atomic E-state index is 13.9. The molecule has 0 spiro atoms. The number of benzene rings is 2. The van der Waals surface area contributed by atoms with Gasteiger partial charge in [-0.2, -0.15) is 0 Å². The molecule has 0 saturated heterocycles. The van der Waals surface area contributed by atoms with Crippen molar-refractivity contribution in [2.45, 2.75) is 32.7 Å². The molecular formula is C17H20ClFN2. The summed E-state index contributed by atoms with van der Waals surface area (Å²) in [5.41, 5.74) is 7.07. The van der Waals surface area contributed by atoms with Crippen LogP contribution in [0.15, 0.2) is 36.4 Å². The van der Waals surface area contributed by atoms with Crippen molar-refractivity contribution in [3.05, 3.63) is 69.5 Å². The molecule has 2 nitrogen and oxygen atoms in total. The molecule has 4 heteroatoms. The minimum atomic E-state index is -0.288. The third-order valence-corrected chi connectivity index (χ3v) is 3.92. The Kier molecular flexibility index (Phi) is 5.34. The second-order valence-electron chi connectivity index (χ2n) is 5.44. The summed E-state index contributed by atoms with van der Waals surface area (Å²) in [7, 11) is 0. The normalized spacial score (nSPS) is 12.4. The van der Waals surface area contributed by atoms with Gasteiger partial charge in [0.2, 0.25) is 0 Å². The van der Waals surface area contributed by atoms with E-state index in [0.717, 1.165) is 6.42 Å². The molecule has 0 radical (unpaired) electrons. The molecule has 1 unspecified atom stereocenters. The van der Waals surface area contributed by atoms with Crippen LogP contribution in [0.5, 0.6) is 0 Å². The fourth-order valence-electron chi connectivity index (χ4n) is 2.43. The maximum atomic E-state index is 13.9. The summed E-state index contributed by atoms with van der Waals surface area (Å²) in [6, 6.07) is 11.1. The first-order chi connectivity index (χ1) is 9.99. The van der Waals surface area contributed by atoms with Crippen LogP contribution < -0.4 is 11.3 Å². The number of nitrogens with two attached hydrogens (primary N) is 1. The third-order valence-electron chi connectivity index (χ3n) is 3.69. The molecule has 0 aromatic heterocycles. The molecule has 0 saturated carbocycles. The van der Waals surface area contributed by atoms with Gasteiger partial charge in [0.25, 0.3) is 0 Å². The number of aryl methyl sites for hydroxylation is 2. The zero-order valence-corrected chi connectivity index (χ0v) is 13.0. The van der Waals surface area contributed by atoms with Gasteiger partial charge in [-0.3, -0.25) is 11.3 Å². The van der Waals surface area contributed by atoms with Crippen molar-refractivity contribution in [1.29, 1.82) is 0 Å². The molecule has 1 atom stereocenters. The van der Waals surface area contributed by atoms with E-state index >= 15 is 0 Å². The van der Waals surface area contributed by atoms with Gasteiger partial charge in [0.15, 0.2) is 0 Å². The molecule has 21 heavy (non-hydrogen) atoms. The predicted octanol–water partition coefficient (Wildman–Crippen LogP) is 3.71. The molecule has 2 aromatic rings. The summed E-state index contributed by atoms with van der Waals surface area (Å²) < 4.78 is 13.9. The minimum Gasteiger partial charge on any atom is -0.271 e. The van der Waals surface area contributed by atoms with Crippen molar-refractivity contribution in [3.63, 3.8) is 0 Å². The van der Waals surface area contributed by atoms with Gasteiger partial charge in [-0.25, -0.2) is 4.39 Å². The van der Waals surface area contributed by atoms with Crippen LogP contribution in [0.1, 0.15) is 22.3 Å². The first kappa shape index (κ1) is 16.0. The van der Waals surface area contributed by atoms with Gasteiger partial charge in [-0.15, -0.1) is 0 Å². The molecule has 0 bridgehead atoms. The molecule has 0 aliphatic carbocycles. The molecule has 112 valence electrons. The number of hydrogen-bond donors (Lipinski definition) is 2. The Morgan fingerprint density at radius 3 is 2.48 bits per heavy atom. The van der Waals surface area contributed by atoms with Crippen molar-refractivity contribution >= 4 is 11.6 Å². The van der Waals surface area contributed by atoms with Gasteiger partial charge in [-0.05, 0) is 55.5 Å². The largest absolute Gasteiger partial charge is 0.271 e. The minimum absolute atomic E-state index is 0.0267. The van der Waals surface area contributed by atoms with Gasteiger partial charge >= 0.3 is 0 Å². The molecule has 2 aromatic carbocycles. The van der Waals surface area contributed by atoms with Gasteiger partial charge in [0.1, 0.15) is 5.82 Å². The van der Waals surface area contributed by atoms with Gasteiger partial charge in [0, 0.05) is 11.1 Å². The predicted molar refractivity (Wildman–Crippen MR) is 85.8 cm³/mol. The smallest absolute Gasteiger partial charge is 0.127 e. The van der Waals surface area contributed by atoms with E-state index < -0.39 is 0 Å². The Balaban J connectivity index is 2.14. The lowest BCUT2D eigenvalue weighted by atomic mass is 9.95. The van der Waals surface area contributed by atoms with Crippen LogP contribution in [0.4, 0.5) is 4.39 Å². The monoisotopic (exact) mass is 306 g/mol. The zero-order chi connectivity index (χ0) is 15.4. The average molecular weight is 307 g/mol. The number of hydrogen-bond acceptors (Lipinski definition) is 2. The van der Waals surface area contributed by atoms with Crippen LogP contribution in [0, 0.1) is 19.7 Å². The highest BCUT2D eigenvalue weighted by Crippen LogP contribution is 2.18. The lowest BCUT2D eigenvalue weighted by molar-refractivity contribution is 0.505. The van der Waals surface area contributed by atoms with Crippen LogP contribution in [-0.4, -0.2) is 6.04 Å². The van der Waals surface area contributed by atoms with Crippen LogP contribution in [0.3, 0.4) is 0 Å². The Labute approximate surface area is 130 Å². The summed E-state index contributed by atoms with van der Waals surface area (Å²) in [5, 5.41) is 0.406. The van der Waals surface area contributed by atoms with Crippen molar-refractivity contribution < 1.29 is 4.39 Å². The number of hydrazine groups is 1. The Morgan fingerprint density at radius 1 is 1.10 bits per heavy atom. The van der Waals surface area contributed by atoms with E-state index in [1.165, 1.54) is 22.8 Å². The quantitative estimate of drug-likeness (QED) is 0.653. The zero-order valence-electron chi connectivity index (χ0n) is 12.3. The summed E-state index contributed by atoms with van der Waals surface area (Å²) in [6.07, 6.45) is 1.28. The lowest BCUT2D eigenvalue weighted by Gasteiger charge is -2.18. The van der Waals surface area contributed by atoms with E-state index in [9.17, 15) is 4.39 Å². The van der Waals surface area contributed by atoms with E-state index in [2.05, 4.69) is 37.5 Å². The van der Waals surface area contributed by atoms with Gasteiger partial charge < -0.3 is 0 Å². The second kappa shape index (κ2) is 7.03. The number of nitrogens with one attached hydrogen (secondary N) is 1. The molecule has 0 fully saturated rings. The van der Waals surface area contributed by atoms with Crippen molar-refractivity contribution in [1.82, 2.24) is 5.43 Å². The van der Waals surface area contributed by atoms with E-state index in [-0.39, 0.29) is 11.9 Å². The van der Waals surface area contributed by atoms with Gasteiger partial charge in [0.05, 0.1) is 0 Å². The van der Waals surface area contributed by atoms with E-state index in [0.29, 0.717) is 17.0 Å². The molecular weight excluding hydrogens is 287 g/mol. The molecule has 2 rings (SSSR count). The van der Waals surface area contributed by atoms with Crippen molar-refractivity contribution in [3.8, 4) is 0 Å². The van der Waals surface area contributed by atoms with E-state index in [4.69, 9.17) is 17.4 Å². The Hall–Kier alpha value is -1.42. The molecule has 0 aliphatic heterocycles. The Morgan fingerprint density at radius 2 is 1.81 bits per heavy atom. The molecule has 0 heterocycles. The first-order valence-electron chi connectivity index (χ1n) is 6.95. The molecule has 3 N–H and O–H groups in total. The van der Waals surface area contributed by atoms with Crippen molar-refractivity contribution in [2.75, 3.05) is 0 Å². The first-order valence-corrected chi connectivity index (χ1v) is 7.33. The fourth-order valence-corrected chi connectivity index (χ4v) is 2.59. The van der Waals surface area contributed by atoms with Crippen LogP contribution in [0.2, 0.25) is 5.02 Å². The fraction of sp³-hybridized carbons (Fsp3) is 0.294. The van der Waals surface area contributed by atoms with Gasteiger partial charge in [-0.1, -0.05) is 41.4 Å². The standard InChI is InChI=1S/C17H20ClFN2/c1-11-3-4-12(2)14(7-11)9-16(21-20)8-13-5-6-15(18)10-17(13)19/h3-7,10,16,21H,8-9,20H2,1-2H3. The molecule has 0 aliphatic rings. The third kappa shape index (κ3) is 4.27. The summed E-state index contributed by atoms with van der Waals surface area (Å²) >= 11 is 5.78. The Bertz CT molecular complexity index is 628. The second-order valence-corrected chi connectivity index (χ2v) is 5.87. The maximum Gasteiger partial charge on any atom is 0.127 e. The summed E-state index contributed by atoms with van der Waals surface area (Å²) in [4.78, 5) is 0. The highest BCUT2D eigenvalue weighted by molar-refractivity contribution is 6.30. The van der Waals surface area contributed by atoms with Crippen LogP contribution in [-0.2, 0) is 12.8 Å². The van der Waals surface area contributed by atoms with Crippen LogP contribution in [0.25, 0.3) is 0 Å². The average Bonchev–Trinajstić information content (AvgIpc) is 2.44. The lowest BCUT2D eigenvalue weighted by Crippen LogP contribution is -2.38. The van der Waals surface area contributed by atoms with Crippen molar-refractivity contribution in [2.24, 2.45) is 5.84 Å². The van der Waals surface area contributed by atoms with E-state index in [1.807, 2.05) is 0 Å². The highest BCUT2D eigenvalue weighted by atomic mass is 35.5. The van der Waals surface area contributed by atoms with Crippen LogP contribution >= 0.6 is 11.6 Å². The molecule has 0 amide bonds. The number of halogens is 2. The highest BCUT2D eigenvalue weighted by Gasteiger charge is 2.13.